The molecule has 0 aliphatic heterocycles. The van der Waals surface area contributed by atoms with Gasteiger partial charge in [0.1, 0.15) is 0 Å². The SMILES string of the molecule is CCOCCS(=O)(=O)NC(C)(C(=O)O)c1ccccc1. The lowest BCUT2D eigenvalue weighted by Gasteiger charge is -2.26. The van der Waals surface area contributed by atoms with Crippen LogP contribution in [0.15, 0.2) is 30.3 Å². The van der Waals surface area contributed by atoms with Gasteiger partial charge in [0.2, 0.25) is 10.0 Å². The lowest BCUT2D eigenvalue weighted by Crippen LogP contribution is -2.50. The Labute approximate surface area is 118 Å². The van der Waals surface area contributed by atoms with Crippen molar-refractivity contribution in [3.63, 3.8) is 0 Å². The van der Waals surface area contributed by atoms with Crippen LogP contribution in [0.3, 0.4) is 0 Å². The molecule has 0 heterocycles. The molecule has 0 fully saturated rings. The Morgan fingerprint density at radius 3 is 2.45 bits per heavy atom. The summed E-state index contributed by atoms with van der Waals surface area (Å²) in [6, 6.07) is 8.18. The zero-order valence-electron chi connectivity index (χ0n) is 11.5. The van der Waals surface area contributed by atoms with E-state index in [9.17, 15) is 18.3 Å². The van der Waals surface area contributed by atoms with Crippen molar-refractivity contribution in [1.29, 1.82) is 0 Å². The lowest BCUT2D eigenvalue weighted by molar-refractivity contribution is -0.143. The topological polar surface area (TPSA) is 92.7 Å². The number of carboxylic acid groups (broad SMARTS) is 1. The molecule has 1 atom stereocenters. The number of rotatable bonds is 8. The van der Waals surface area contributed by atoms with Crippen molar-refractivity contribution in [3.8, 4) is 0 Å². The second-order valence-electron chi connectivity index (χ2n) is 4.41. The predicted octanol–water partition coefficient (Wildman–Crippen LogP) is 0.942. The van der Waals surface area contributed by atoms with Gasteiger partial charge in [-0.25, -0.2) is 13.2 Å². The molecule has 1 aromatic carbocycles. The van der Waals surface area contributed by atoms with E-state index in [1.54, 1.807) is 37.3 Å². The maximum Gasteiger partial charge on any atom is 0.329 e. The van der Waals surface area contributed by atoms with Gasteiger partial charge in [-0.15, -0.1) is 0 Å². The summed E-state index contributed by atoms with van der Waals surface area (Å²) in [7, 11) is -3.76. The highest BCUT2D eigenvalue weighted by atomic mass is 32.2. The molecule has 0 bridgehead atoms. The summed E-state index contributed by atoms with van der Waals surface area (Å²) < 4.78 is 31.1. The fourth-order valence-electron chi connectivity index (χ4n) is 1.67. The summed E-state index contributed by atoms with van der Waals surface area (Å²) in [4.78, 5) is 11.5. The highest BCUT2D eigenvalue weighted by Crippen LogP contribution is 2.22. The van der Waals surface area contributed by atoms with Crippen molar-refractivity contribution in [2.24, 2.45) is 0 Å². The second kappa shape index (κ2) is 6.83. The highest BCUT2D eigenvalue weighted by molar-refractivity contribution is 7.89. The van der Waals surface area contributed by atoms with E-state index in [0.717, 1.165) is 0 Å². The van der Waals surface area contributed by atoms with Gasteiger partial charge in [0.15, 0.2) is 5.54 Å². The first-order valence-corrected chi connectivity index (χ1v) is 7.85. The first-order chi connectivity index (χ1) is 9.32. The number of ether oxygens (including phenoxy) is 1. The van der Waals surface area contributed by atoms with E-state index < -0.39 is 21.5 Å². The summed E-state index contributed by atoms with van der Waals surface area (Å²) in [5.74, 6) is -1.54. The van der Waals surface area contributed by atoms with Gasteiger partial charge in [0.25, 0.3) is 0 Å². The number of hydrogen-bond acceptors (Lipinski definition) is 4. The molecule has 0 radical (unpaired) electrons. The van der Waals surface area contributed by atoms with E-state index in [1.165, 1.54) is 6.92 Å². The van der Waals surface area contributed by atoms with E-state index in [0.29, 0.717) is 12.2 Å². The zero-order chi connectivity index (χ0) is 15.2. The smallest absolute Gasteiger partial charge is 0.329 e. The quantitative estimate of drug-likeness (QED) is 0.697. The number of carboxylic acids is 1. The van der Waals surface area contributed by atoms with Crippen LogP contribution in [-0.4, -0.2) is 38.5 Å². The number of sulfonamides is 1. The van der Waals surface area contributed by atoms with Crippen LogP contribution in [0.5, 0.6) is 0 Å². The Morgan fingerprint density at radius 2 is 1.95 bits per heavy atom. The molecule has 2 N–H and O–H groups in total. The van der Waals surface area contributed by atoms with Crippen LogP contribution >= 0.6 is 0 Å². The van der Waals surface area contributed by atoms with Gasteiger partial charge >= 0.3 is 5.97 Å². The van der Waals surface area contributed by atoms with Crippen molar-refractivity contribution in [2.75, 3.05) is 19.0 Å². The van der Waals surface area contributed by atoms with Gasteiger partial charge in [0, 0.05) is 6.61 Å². The largest absolute Gasteiger partial charge is 0.480 e. The molecule has 1 rings (SSSR count). The summed E-state index contributed by atoms with van der Waals surface area (Å²) in [6.07, 6.45) is 0. The Kier molecular flexibility index (Phi) is 5.67. The Balaban J connectivity index is 2.96. The molecule has 20 heavy (non-hydrogen) atoms. The third-order valence-corrected chi connectivity index (χ3v) is 4.26. The molecule has 112 valence electrons. The number of nitrogens with one attached hydrogen (secondary N) is 1. The van der Waals surface area contributed by atoms with Crippen LogP contribution in [0.1, 0.15) is 19.4 Å². The minimum Gasteiger partial charge on any atom is -0.480 e. The number of hydrogen-bond donors (Lipinski definition) is 2. The normalized spacial score (nSPS) is 14.7. The van der Waals surface area contributed by atoms with Crippen LogP contribution in [0.2, 0.25) is 0 Å². The van der Waals surface area contributed by atoms with Gasteiger partial charge < -0.3 is 9.84 Å². The summed E-state index contributed by atoms with van der Waals surface area (Å²) in [5, 5.41) is 9.36. The summed E-state index contributed by atoms with van der Waals surface area (Å²) in [6.45, 7) is 3.51. The second-order valence-corrected chi connectivity index (χ2v) is 6.26. The van der Waals surface area contributed by atoms with Gasteiger partial charge in [0.05, 0.1) is 12.4 Å². The number of benzene rings is 1. The van der Waals surface area contributed by atoms with Gasteiger partial charge in [-0.1, -0.05) is 30.3 Å². The standard InChI is InChI=1S/C13H19NO5S/c1-3-19-9-10-20(17,18)14-13(2,12(15)16)11-7-5-4-6-8-11/h4-8,14H,3,9-10H2,1-2H3,(H,15,16). The molecule has 0 aliphatic carbocycles. The van der Waals surface area contributed by atoms with Crippen molar-refractivity contribution < 1.29 is 23.1 Å². The molecular formula is C13H19NO5S. The van der Waals surface area contributed by atoms with E-state index in [-0.39, 0.29) is 12.4 Å². The third kappa shape index (κ3) is 4.29. The molecule has 6 nitrogen and oxygen atoms in total. The fraction of sp³-hybridized carbons (Fsp3) is 0.462. The molecule has 0 amide bonds. The molecule has 0 aromatic heterocycles. The Morgan fingerprint density at radius 1 is 1.35 bits per heavy atom. The maximum absolute atomic E-state index is 11.9. The minimum absolute atomic E-state index is 0.0241. The van der Waals surface area contributed by atoms with Crippen molar-refractivity contribution in [1.82, 2.24) is 4.72 Å². The molecule has 7 heteroatoms. The maximum atomic E-state index is 11.9. The van der Waals surface area contributed by atoms with Crippen LogP contribution in [0, 0.1) is 0 Å². The van der Waals surface area contributed by atoms with Crippen molar-refractivity contribution >= 4 is 16.0 Å². The summed E-state index contributed by atoms with van der Waals surface area (Å²) >= 11 is 0. The third-order valence-electron chi connectivity index (χ3n) is 2.84. The molecule has 0 saturated heterocycles. The predicted molar refractivity (Wildman–Crippen MR) is 74.8 cm³/mol. The van der Waals surface area contributed by atoms with E-state index in [2.05, 4.69) is 4.72 Å². The fourth-order valence-corrected chi connectivity index (χ4v) is 2.94. The first kappa shape index (κ1) is 16.6. The van der Waals surface area contributed by atoms with Gasteiger partial charge in [-0.2, -0.15) is 4.72 Å². The van der Waals surface area contributed by atoms with Crippen molar-refractivity contribution in [2.45, 2.75) is 19.4 Å². The number of carbonyl (C=O) groups is 1. The average molecular weight is 301 g/mol. The molecule has 0 aliphatic rings. The highest BCUT2D eigenvalue weighted by Gasteiger charge is 2.38. The molecule has 1 aromatic rings. The van der Waals surface area contributed by atoms with Gasteiger partial charge in [-0.05, 0) is 19.4 Å². The van der Waals surface area contributed by atoms with E-state index in [4.69, 9.17) is 4.74 Å². The molecule has 1 unspecified atom stereocenters. The number of aliphatic carboxylic acids is 1. The Bertz CT molecular complexity index is 543. The lowest BCUT2D eigenvalue weighted by atomic mass is 9.94. The molecule has 0 saturated carbocycles. The van der Waals surface area contributed by atoms with Crippen LogP contribution in [0.4, 0.5) is 0 Å². The van der Waals surface area contributed by atoms with E-state index in [1.807, 2.05) is 0 Å². The van der Waals surface area contributed by atoms with Crippen LogP contribution < -0.4 is 4.72 Å². The monoisotopic (exact) mass is 301 g/mol. The Hall–Kier alpha value is -1.44. The van der Waals surface area contributed by atoms with Crippen LogP contribution in [-0.2, 0) is 25.1 Å². The average Bonchev–Trinajstić information content (AvgIpc) is 2.39. The van der Waals surface area contributed by atoms with Crippen molar-refractivity contribution in [3.05, 3.63) is 35.9 Å². The minimum atomic E-state index is -3.76. The van der Waals surface area contributed by atoms with Gasteiger partial charge in [-0.3, -0.25) is 0 Å². The van der Waals surface area contributed by atoms with E-state index >= 15 is 0 Å². The first-order valence-electron chi connectivity index (χ1n) is 6.20. The van der Waals surface area contributed by atoms with Crippen LogP contribution in [0.25, 0.3) is 0 Å². The summed E-state index contributed by atoms with van der Waals surface area (Å²) in [5.41, 5.74) is -1.33. The molecule has 0 spiro atoms. The molecular weight excluding hydrogens is 282 g/mol. The zero-order valence-corrected chi connectivity index (χ0v) is 12.3.